The Morgan fingerprint density at radius 1 is 1.29 bits per heavy atom. The molecule has 2 N–H and O–H groups in total. The van der Waals surface area contributed by atoms with Gasteiger partial charge in [0.1, 0.15) is 0 Å². The Morgan fingerprint density at radius 2 is 2.00 bits per heavy atom. The standard InChI is InChI=1S/C13H18N2O.ClH/c14-13(16)12-8-4-5-9-15(12)10-11-6-2-1-3-7-11;/h1-3,6-7,12H,4-5,8-10H2,(H2,14,16);1H/t12-;/m1./s1. The van der Waals surface area contributed by atoms with E-state index in [1.54, 1.807) is 0 Å². The summed E-state index contributed by atoms with van der Waals surface area (Å²) in [7, 11) is 0. The van der Waals surface area contributed by atoms with Crippen LogP contribution in [0.5, 0.6) is 0 Å². The highest BCUT2D eigenvalue weighted by atomic mass is 35.5. The SMILES string of the molecule is Cl.NC(=O)[C@H]1CCCCN1Cc1ccccc1. The van der Waals surface area contributed by atoms with Crippen LogP contribution in [0.1, 0.15) is 24.8 Å². The maximum absolute atomic E-state index is 11.3. The predicted octanol–water partition coefficient (Wildman–Crippen LogP) is 1.95. The lowest BCUT2D eigenvalue weighted by molar-refractivity contribution is -0.124. The van der Waals surface area contributed by atoms with Crippen molar-refractivity contribution in [3.05, 3.63) is 35.9 Å². The summed E-state index contributed by atoms with van der Waals surface area (Å²) in [5.41, 5.74) is 6.68. The van der Waals surface area contributed by atoms with Gasteiger partial charge in [-0.25, -0.2) is 0 Å². The van der Waals surface area contributed by atoms with Gasteiger partial charge in [-0.05, 0) is 24.9 Å². The van der Waals surface area contributed by atoms with Gasteiger partial charge in [-0.1, -0.05) is 36.8 Å². The fourth-order valence-electron chi connectivity index (χ4n) is 2.32. The predicted molar refractivity (Wildman–Crippen MR) is 70.9 cm³/mol. The van der Waals surface area contributed by atoms with Gasteiger partial charge in [0.15, 0.2) is 0 Å². The molecular formula is C13H19ClN2O. The van der Waals surface area contributed by atoms with Crippen LogP contribution in [-0.4, -0.2) is 23.4 Å². The fourth-order valence-corrected chi connectivity index (χ4v) is 2.32. The number of likely N-dealkylation sites (tertiary alicyclic amines) is 1. The Morgan fingerprint density at radius 3 is 2.65 bits per heavy atom. The molecule has 1 aromatic rings. The van der Waals surface area contributed by atoms with Gasteiger partial charge in [-0.3, -0.25) is 9.69 Å². The monoisotopic (exact) mass is 254 g/mol. The molecule has 0 radical (unpaired) electrons. The van der Waals surface area contributed by atoms with E-state index >= 15 is 0 Å². The quantitative estimate of drug-likeness (QED) is 0.896. The van der Waals surface area contributed by atoms with Gasteiger partial charge in [-0.15, -0.1) is 12.4 Å². The average Bonchev–Trinajstić information content (AvgIpc) is 2.31. The molecule has 1 aromatic carbocycles. The summed E-state index contributed by atoms with van der Waals surface area (Å²) >= 11 is 0. The van der Waals surface area contributed by atoms with Crippen LogP contribution in [0.3, 0.4) is 0 Å². The second-order valence-corrected chi connectivity index (χ2v) is 4.37. The van der Waals surface area contributed by atoms with Crippen LogP contribution in [-0.2, 0) is 11.3 Å². The van der Waals surface area contributed by atoms with E-state index in [0.29, 0.717) is 0 Å². The van der Waals surface area contributed by atoms with Crippen LogP contribution in [0.15, 0.2) is 30.3 Å². The summed E-state index contributed by atoms with van der Waals surface area (Å²) in [5.74, 6) is -0.185. The summed E-state index contributed by atoms with van der Waals surface area (Å²) in [4.78, 5) is 13.5. The largest absolute Gasteiger partial charge is 0.368 e. The van der Waals surface area contributed by atoms with Crippen molar-refractivity contribution in [1.82, 2.24) is 4.90 Å². The number of nitrogens with zero attached hydrogens (tertiary/aromatic N) is 1. The molecule has 3 nitrogen and oxygen atoms in total. The number of halogens is 1. The maximum atomic E-state index is 11.3. The fraction of sp³-hybridized carbons (Fsp3) is 0.462. The van der Waals surface area contributed by atoms with Crippen LogP contribution in [0, 0.1) is 0 Å². The Labute approximate surface area is 108 Å². The number of carbonyl (C=O) groups excluding carboxylic acids is 1. The van der Waals surface area contributed by atoms with E-state index in [2.05, 4.69) is 17.0 Å². The van der Waals surface area contributed by atoms with Crippen molar-refractivity contribution < 1.29 is 4.79 Å². The van der Waals surface area contributed by atoms with Crippen LogP contribution in [0.2, 0.25) is 0 Å². The number of amides is 1. The zero-order valence-corrected chi connectivity index (χ0v) is 10.7. The van der Waals surface area contributed by atoms with Crippen molar-refractivity contribution in [2.45, 2.75) is 31.8 Å². The second-order valence-electron chi connectivity index (χ2n) is 4.37. The molecule has 4 heteroatoms. The minimum Gasteiger partial charge on any atom is -0.368 e. The molecule has 0 aromatic heterocycles. The minimum absolute atomic E-state index is 0. The molecule has 0 spiro atoms. The highest BCUT2D eigenvalue weighted by Gasteiger charge is 2.26. The molecule has 0 bridgehead atoms. The number of benzene rings is 1. The number of hydrogen-bond donors (Lipinski definition) is 1. The molecule has 1 atom stereocenters. The Hall–Kier alpha value is -1.06. The van der Waals surface area contributed by atoms with Gasteiger partial charge in [0.05, 0.1) is 6.04 Å². The molecule has 1 aliphatic heterocycles. The lowest BCUT2D eigenvalue weighted by Gasteiger charge is -2.33. The number of rotatable bonds is 3. The summed E-state index contributed by atoms with van der Waals surface area (Å²) in [6.07, 6.45) is 3.18. The van der Waals surface area contributed by atoms with Crippen molar-refractivity contribution in [2.75, 3.05) is 6.54 Å². The van der Waals surface area contributed by atoms with Crippen molar-refractivity contribution >= 4 is 18.3 Å². The number of nitrogens with two attached hydrogens (primary N) is 1. The molecule has 1 heterocycles. The number of hydrogen-bond acceptors (Lipinski definition) is 2. The molecule has 1 amide bonds. The highest BCUT2D eigenvalue weighted by Crippen LogP contribution is 2.19. The Bertz CT molecular complexity index is 356. The minimum atomic E-state index is -0.185. The molecule has 0 aliphatic carbocycles. The molecule has 0 saturated carbocycles. The van der Waals surface area contributed by atoms with Gasteiger partial charge in [0, 0.05) is 6.54 Å². The van der Waals surface area contributed by atoms with Crippen molar-refractivity contribution in [3.63, 3.8) is 0 Å². The van der Waals surface area contributed by atoms with E-state index in [1.165, 1.54) is 5.56 Å². The van der Waals surface area contributed by atoms with E-state index in [9.17, 15) is 4.79 Å². The van der Waals surface area contributed by atoms with Gasteiger partial charge < -0.3 is 5.73 Å². The topological polar surface area (TPSA) is 46.3 Å². The smallest absolute Gasteiger partial charge is 0.234 e. The zero-order valence-electron chi connectivity index (χ0n) is 9.84. The third-order valence-corrected chi connectivity index (χ3v) is 3.17. The van der Waals surface area contributed by atoms with Crippen LogP contribution < -0.4 is 5.73 Å². The number of carbonyl (C=O) groups is 1. The lowest BCUT2D eigenvalue weighted by atomic mass is 10.0. The first-order valence-electron chi connectivity index (χ1n) is 5.84. The van der Waals surface area contributed by atoms with E-state index < -0.39 is 0 Å². The summed E-state index contributed by atoms with van der Waals surface area (Å²) in [6, 6.07) is 10.2. The van der Waals surface area contributed by atoms with Crippen LogP contribution in [0.4, 0.5) is 0 Å². The molecule has 1 saturated heterocycles. The third-order valence-electron chi connectivity index (χ3n) is 3.17. The Kier molecular flexibility index (Phi) is 5.45. The normalized spacial score (nSPS) is 20.6. The van der Waals surface area contributed by atoms with Crippen molar-refractivity contribution in [1.29, 1.82) is 0 Å². The number of primary amides is 1. The molecule has 1 fully saturated rings. The summed E-state index contributed by atoms with van der Waals surface area (Å²) in [6.45, 7) is 1.80. The first kappa shape index (κ1) is 14.0. The first-order valence-corrected chi connectivity index (χ1v) is 5.84. The molecule has 94 valence electrons. The van der Waals surface area contributed by atoms with Crippen molar-refractivity contribution in [3.8, 4) is 0 Å². The molecular weight excluding hydrogens is 236 g/mol. The van der Waals surface area contributed by atoms with Gasteiger partial charge in [0.2, 0.25) is 5.91 Å². The van der Waals surface area contributed by atoms with Crippen LogP contribution >= 0.6 is 12.4 Å². The van der Waals surface area contributed by atoms with E-state index in [0.717, 1.165) is 32.4 Å². The van der Waals surface area contributed by atoms with E-state index in [1.807, 2.05) is 18.2 Å². The maximum Gasteiger partial charge on any atom is 0.234 e. The number of piperidine rings is 1. The lowest BCUT2D eigenvalue weighted by Crippen LogP contribution is -2.47. The van der Waals surface area contributed by atoms with Crippen molar-refractivity contribution in [2.24, 2.45) is 5.73 Å². The zero-order chi connectivity index (χ0) is 11.4. The second kappa shape index (κ2) is 6.62. The van der Waals surface area contributed by atoms with Gasteiger partial charge in [-0.2, -0.15) is 0 Å². The average molecular weight is 255 g/mol. The summed E-state index contributed by atoms with van der Waals surface area (Å²) in [5, 5.41) is 0. The summed E-state index contributed by atoms with van der Waals surface area (Å²) < 4.78 is 0. The highest BCUT2D eigenvalue weighted by molar-refractivity contribution is 5.85. The van der Waals surface area contributed by atoms with Gasteiger partial charge >= 0.3 is 0 Å². The van der Waals surface area contributed by atoms with E-state index in [4.69, 9.17) is 5.73 Å². The third kappa shape index (κ3) is 3.72. The Balaban J connectivity index is 0.00000144. The van der Waals surface area contributed by atoms with Crippen LogP contribution in [0.25, 0.3) is 0 Å². The molecule has 0 unspecified atom stereocenters. The molecule has 1 aliphatic rings. The molecule has 17 heavy (non-hydrogen) atoms. The van der Waals surface area contributed by atoms with E-state index in [-0.39, 0.29) is 24.4 Å². The first-order chi connectivity index (χ1) is 7.77. The van der Waals surface area contributed by atoms with Gasteiger partial charge in [0.25, 0.3) is 0 Å². The molecule has 2 rings (SSSR count).